The van der Waals surface area contributed by atoms with Gasteiger partial charge in [0.05, 0.1) is 12.9 Å². The Morgan fingerprint density at radius 2 is 1.93 bits per heavy atom. The largest absolute Gasteiger partial charge is 0.495 e. The van der Waals surface area contributed by atoms with E-state index in [1.54, 1.807) is 30.4 Å². The summed E-state index contributed by atoms with van der Waals surface area (Å²) >= 11 is 1.77. The number of hydrogen-bond donors (Lipinski definition) is 1. The Labute approximate surface area is 170 Å². The van der Waals surface area contributed by atoms with Crippen molar-refractivity contribution in [1.82, 2.24) is 9.88 Å². The minimum atomic E-state index is -3.36. The highest BCUT2D eigenvalue weighted by molar-refractivity contribution is 7.91. The number of methoxy groups -OCH3 is 1. The Morgan fingerprint density at radius 3 is 2.57 bits per heavy atom. The van der Waals surface area contributed by atoms with Crippen molar-refractivity contribution in [3.63, 3.8) is 0 Å². The number of sulfone groups is 1. The lowest BCUT2D eigenvalue weighted by Gasteiger charge is -2.18. The van der Waals surface area contributed by atoms with Gasteiger partial charge in [0.1, 0.15) is 10.6 Å². The van der Waals surface area contributed by atoms with E-state index in [0.717, 1.165) is 36.6 Å². The summed E-state index contributed by atoms with van der Waals surface area (Å²) in [5.74, 6) is 0.419. The molecule has 5 nitrogen and oxygen atoms in total. The molecule has 0 aliphatic carbocycles. The predicted molar refractivity (Wildman–Crippen MR) is 115 cm³/mol. The summed E-state index contributed by atoms with van der Waals surface area (Å²) in [5, 5.41) is 2.10. The number of benzene rings is 1. The molecule has 2 aromatic heterocycles. The fourth-order valence-electron chi connectivity index (χ4n) is 3.09. The van der Waals surface area contributed by atoms with Gasteiger partial charge in [-0.15, -0.1) is 11.3 Å². The Bertz CT molecular complexity index is 1010. The Hall–Kier alpha value is -2.09. The number of ether oxygens (including phenoxy) is 1. The number of aromatic nitrogens is 1. The first-order valence-corrected chi connectivity index (χ1v) is 11.8. The summed E-state index contributed by atoms with van der Waals surface area (Å²) in [6, 6.07) is 13.6. The summed E-state index contributed by atoms with van der Waals surface area (Å²) in [5.41, 5.74) is 2.84. The first kappa shape index (κ1) is 20.6. The van der Waals surface area contributed by atoms with Crippen LogP contribution >= 0.6 is 11.3 Å². The van der Waals surface area contributed by atoms with Crippen molar-refractivity contribution in [2.75, 3.05) is 19.4 Å². The van der Waals surface area contributed by atoms with Crippen LogP contribution in [0, 0.1) is 0 Å². The van der Waals surface area contributed by atoms with Gasteiger partial charge in [-0.25, -0.2) is 8.42 Å². The Morgan fingerprint density at radius 1 is 1.11 bits per heavy atom. The molecular formula is C21H26N2O3S2. The SMILES string of the molecule is CCN(Cc1ccc(-c2ccc(OC)c(S(=O)(=O)CC)c2)[nH]1)Cc1cccs1. The van der Waals surface area contributed by atoms with Gasteiger partial charge in [-0.1, -0.05) is 19.9 Å². The zero-order valence-corrected chi connectivity index (χ0v) is 18.1. The van der Waals surface area contributed by atoms with Gasteiger partial charge in [-0.2, -0.15) is 0 Å². The van der Waals surface area contributed by atoms with Gasteiger partial charge in [-0.3, -0.25) is 4.90 Å². The number of nitrogens with zero attached hydrogens (tertiary/aromatic N) is 1. The van der Waals surface area contributed by atoms with Gasteiger partial charge >= 0.3 is 0 Å². The first-order chi connectivity index (χ1) is 13.5. The minimum Gasteiger partial charge on any atom is -0.495 e. The average molecular weight is 419 g/mol. The fourth-order valence-corrected chi connectivity index (χ4v) is 4.91. The van der Waals surface area contributed by atoms with Crippen molar-refractivity contribution in [1.29, 1.82) is 0 Å². The highest BCUT2D eigenvalue weighted by Crippen LogP contribution is 2.30. The Kier molecular flexibility index (Phi) is 6.59. The number of H-pyrrole nitrogens is 1. The fraction of sp³-hybridized carbons (Fsp3) is 0.333. The molecule has 7 heteroatoms. The van der Waals surface area contributed by atoms with Crippen molar-refractivity contribution >= 4 is 21.2 Å². The second-order valence-electron chi connectivity index (χ2n) is 6.55. The molecule has 2 heterocycles. The van der Waals surface area contributed by atoms with E-state index in [-0.39, 0.29) is 10.6 Å². The molecule has 3 rings (SSSR count). The van der Waals surface area contributed by atoms with Crippen molar-refractivity contribution < 1.29 is 13.2 Å². The average Bonchev–Trinajstić information content (AvgIpc) is 3.39. The molecule has 0 atom stereocenters. The molecule has 0 bridgehead atoms. The van der Waals surface area contributed by atoms with E-state index in [2.05, 4.69) is 40.4 Å². The first-order valence-electron chi connectivity index (χ1n) is 9.30. The van der Waals surface area contributed by atoms with Crippen LogP contribution in [0.1, 0.15) is 24.4 Å². The van der Waals surface area contributed by atoms with Crippen molar-refractivity contribution in [2.24, 2.45) is 0 Å². The third kappa shape index (κ3) is 4.66. The molecular weight excluding hydrogens is 392 g/mol. The molecule has 0 unspecified atom stereocenters. The standard InChI is InChI=1S/C21H26N2O3S2/c1-4-23(15-18-7-6-12-27-18)14-17-9-10-19(22-17)16-8-11-20(26-3)21(13-16)28(24,25)5-2/h6-13,22H,4-5,14-15H2,1-3H3. The maximum Gasteiger partial charge on any atom is 0.181 e. The zero-order chi connectivity index (χ0) is 20.1. The van der Waals surface area contributed by atoms with E-state index in [9.17, 15) is 8.42 Å². The summed E-state index contributed by atoms with van der Waals surface area (Å²) in [7, 11) is -1.87. The van der Waals surface area contributed by atoms with Crippen LogP contribution in [0.4, 0.5) is 0 Å². The normalized spacial score (nSPS) is 11.9. The van der Waals surface area contributed by atoms with E-state index in [4.69, 9.17) is 4.74 Å². The van der Waals surface area contributed by atoms with Crippen LogP contribution in [0.2, 0.25) is 0 Å². The number of rotatable bonds is 9. The van der Waals surface area contributed by atoms with Gasteiger partial charge in [0.25, 0.3) is 0 Å². The quantitative estimate of drug-likeness (QED) is 0.553. The molecule has 3 aromatic rings. The Balaban J connectivity index is 1.82. The summed E-state index contributed by atoms with van der Waals surface area (Å²) < 4.78 is 30.1. The number of hydrogen-bond acceptors (Lipinski definition) is 5. The van der Waals surface area contributed by atoms with E-state index < -0.39 is 9.84 Å². The molecule has 0 saturated carbocycles. The lowest BCUT2D eigenvalue weighted by Crippen LogP contribution is -2.21. The second kappa shape index (κ2) is 8.94. The van der Waals surface area contributed by atoms with Gasteiger partial charge in [0.15, 0.2) is 9.84 Å². The number of aromatic amines is 1. The molecule has 0 spiro atoms. The molecule has 0 amide bonds. The summed E-state index contributed by atoms with van der Waals surface area (Å²) in [6.45, 7) is 6.48. The van der Waals surface area contributed by atoms with E-state index in [0.29, 0.717) is 5.75 Å². The van der Waals surface area contributed by atoms with Crippen LogP contribution in [-0.2, 0) is 22.9 Å². The van der Waals surface area contributed by atoms with Crippen molar-refractivity contribution in [3.05, 3.63) is 58.4 Å². The molecule has 0 radical (unpaired) electrons. The van der Waals surface area contributed by atoms with Crippen LogP contribution in [0.3, 0.4) is 0 Å². The number of nitrogens with one attached hydrogen (secondary N) is 1. The molecule has 0 saturated heterocycles. The van der Waals surface area contributed by atoms with E-state index in [1.165, 1.54) is 12.0 Å². The van der Waals surface area contributed by atoms with Crippen molar-refractivity contribution in [2.45, 2.75) is 31.8 Å². The third-order valence-corrected chi connectivity index (χ3v) is 7.35. The maximum atomic E-state index is 12.4. The van der Waals surface area contributed by atoms with Crippen LogP contribution in [0.5, 0.6) is 5.75 Å². The van der Waals surface area contributed by atoms with Crippen LogP contribution < -0.4 is 4.74 Å². The van der Waals surface area contributed by atoms with Gasteiger partial charge in [0.2, 0.25) is 0 Å². The zero-order valence-electron chi connectivity index (χ0n) is 16.4. The summed E-state index contributed by atoms with van der Waals surface area (Å²) in [4.78, 5) is 7.38. The topological polar surface area (TPSA) is 62.4 Å². The smallest absolute Gasteiger partial charge is 0.181 e. The highest BCUT2D eigenvalue weighted by Gasteiger charge is 2.19. The molecule has 150 valence electrons. The van der Waals surface area contributed by atoms with Gasteiger partial charge in [0, 0.05) is 29.4 Å². The molecule has 28 heavy (non-hydrogen) atoms. The van der Waals surface area contributed by atoms with Crippen LogP contribution in [-0.4, -0.2) is 37.7 Å². The van der Waals surface area contributed by atoms with Crippen molar-refractivity contribution in [3.8, 4) is 17.0 Å². The molecule has 0 aliphatic heterocycles. The van der Waals surface area contributed by atoms with E-state index >= 15 is 0 Å². The minimum absolute atomic E-state index is 0.0387. The maximum absolute atomic E-state index is 12.4. The molecule has 0 fully saturated rings. The highest BCUT2D eigenvalue weighted by atomic mass is 32.2. The summed E-state index contributed by atoms with van der Waals surface area (Å²) in [6.07, 6.45) is 0. The van der Waals surface area contributed by atoms with Gasteiger partial charge in [-0.05, 0) is 53.9 Å². The lowest BCUT2D eigenvalue weighted by atomic mass is 10.1. The molecule has 1 N–H and O–H groups in total. The van der Waals surface area contributed by atoms with Crippen LogP contribution in [0.25, 0.3) is 11.3 Å². The van der Waals surface area contributed by atoms with Gasteiger partial charge < -0.3 is 9.72 Å². The number of thiophene rings is 1. The van der Waals surface area contributed by atoms with E-state index in [1.807, 2.05) is 12.1 Å². The molecule has 1 aromatic carbocycles. The second-order valence-corrected chi connectivity index (χ2v) is 9.83. The van der Waals surface area contributed by atoms with Crippen LogP contribution in [0.15, 0.2) is 52.7 Å². The monoisotopic (exact) mass is 418 g/mol. The predicted octanol–water partition coefficient (Wildman–Crippen LogP) is 4.57. The third-order valence-electron chi connectivity index (χ3n) is 4.74. The molecule has 0 aliphatic rings. The lowest BCUT2D eigenvalue weighted by molar-refractivity contribution is 0.271.